The fourth-order valence-corrected chi connectivity index (χ4v) is 3.89. The van der Waals surface area contributed by atoms with Crippen molar-refractivity contribution >= 4 is 34.2 Å². The van der Waals surface area contributed by atoms with Crippen LogP contribution in [0.4, 0.5) is 5.69 Å². The quantitative estimate of drug-likeness (QED) is 0.601. The van der Waals surface area contributed by atoms with Crippen LogP contribution in [-0.2, 0) is 4.79 Å². The molecule has 2 aliphatic rings. The number of hydrogen-bond donors (Lipinski definition) is 2. The molecule has 1 aliphatic heterocycles. The minimum atomic E-state index is -0.752. The average molecular weight is 355 g/mol. The smallest absolute Gasteiger partial charge is 0.326 e. The van der Waals surface area contributed by atoms with Crippen molar-refractivity contribution < 1.29 is 9.90 Å². The molecule has 1 aromatic rings. The molecule has 3 nitrogen and oxygen atoms in total. The Morgan fingerprint density at radius 1 is 1.50 bits per heavy atom. The van der Waals surface area contributed by atoms with Gasteiger partial charge in [-0.25, -0.2) is 4.79 Å². The predicted octanol–water partition coefficient (Wildman–Crippen LogP) is 3.14. The first kappa shape index (κ1) is 12.0. The van der Waals surface area contributed by atoms with Crippen LogP contribution in [0.5, 0.6) is 0 Å². The van der Waals surface area contributed by atoms with Gasteiger partial charge in [0.05, 0.1) is 0 Å². The van der Waals surface area contributed by atoms with Crippen LogP contribution < -0.4 is 5.32 Å². The van der Waals surface area contributed by atoms with Gasteiger partial charge in [-0.05, 0) is 59.2 Å². The number of nitrogens with one attached hydrogen (secondary N) is 1. The highest BCUT2D eigenvalue weighted by atomic mass is 127. The first-order valence-corrected chi connectivity index (χ1v) is 7.12. The van der Waals surface area contributed by atoms with E-state index in [-0.39, 0.29) is 11.8 Å². The number of hydrogen-bond acceptors (Lipinski definition) is 2. The van der Waals surface area contributed by atoms with Crippen molar-refractivity contribution in [3.63, 3.8) is 0 Å². The maximum atomic E-state index is 11.4. The summed E-state index contributed by atoms with van der Waals surface area (Å²) >= 11 is 2.32. The second-order valence-corrected chi connectivity index (χ2v) is 6.25. The van der Waals surface area contributed by atoms with Crippen LogP contribution in [0.1, 0.15) is 23.5 Å². The van der Waals surface area contributed by atoms with E-state index < -0.39 is 12.0 Å². The molecule has 3 rings (SSSR count). The van der Waals surface area contributed by atoms with Gasteiger partial charge in [-0.2, -0.15) is 0 Å². The highest BCUT2D eigenvalue weighted by molar-refractivity contribution is 14.1. The SMILES string of the molecule is Cc1cc(I)cc2c1N[C@@H](C(=O)O)[C@@H]1CC=C[C@@H]21. The summed E-state index contributed by atoms with van der Waals surface area (Å²) in [5.41, 5.74) is 3.38. The van der Waals surface area contributed by atoms with Crippen LogP contribution in [-0.4, -0.2) is 17.1 Å². The third-order valence-corrected chi connectivity index (χ3v) is 4.52. The summed E-state index contributed by atoms with van der Waals surface area (Å²) in [6.07, 6.45) is 5.12. The summed E-state index contributed by atoms with van der Waals surface area (Å²) < 4.78 is 1.21. The van der Waals surface area contributed by atoms with Gasteiger partial charge in [0.25, 0.3) is 0 Å². The van der Waals surface area contributed by atoms with Crippen molar-refractivity contribution in [1.82, 2.24) is 0 Å². The summed E-state index contributed by atoms with van der Waals surface area (Å²) in [7, 11) is 0. The van der Waals surface area contributed by atoms with Gasteiger partial charge in [0.2, 0.25) is 0 Å². The summed E-state index contributed by atoms with van der Waals surface area (Å²) in [6.45, 7) is 2.03. The fourth-order valence-electron chi connectivity index (χ4n) is 3.09. The van der Waals surface area contributed by atoms with E-state index in [0.717, 1.165) is 17.7 Å². The molecule has 0 amide bonds. The topological polar surface area (TPSA) is 49.3 Å². The zero-order chi connectivity index (χ0) is 12.9. The molecule has 0 bridgehead atoms. The third kappa shape index (κ3) is 1.74. The molecule has 0 fully saturated rings. The Kier molecular flexibility index (Phi) is 2.84. The van der Waals surface area contributed by atoms with Gasteiger partial charge in [-0.3, -0.25) is 0 Å². The molecule has 0 radical (unpaired) electrons. The van der Waals surface area contributed by atoms with Crippen LogP contribution in [0.2, 0.25) is 0 Å². The summed E-state index contributed by atoms with van der Waals surface area (Å²) in [6, 6.07) is 3.78. The number of carboxylic acid groups (broad SMARTS) is 1. The van der Waals surface area contributed by atoms with Crippen LogP contribution in [0.25, 0.3) is 0 Å². The Hall–Kier alpha value is -1.04. The van der Waals surface area contributed by atoms with Crippen molar-refractivity contribution in [3.8, 4) is 0 Å². The Bertz CT molecular complexity index is 553. The van der Waals surface area contributed by atoms with Crippen molar-refractivity contribution in [2.75, 3.05) is 5.32 Å². The van der Waals surface area contributed by atoms with Crippen molar-refractivity contribution in [3.05, 3.63) is 39.0 Å². The lowest BCUT2D eigenvalue weighted by atomic mass is 9.78. The minimum absolute atomic E-state index is 0.146. The number of rotatable bonds is 1. The number of halogens is 1. The lowest BCUT2D eigenvalue weighted by Gasteiger charge is -2.35. The molecular formula is C14H14INO2. The first-order chi connectivity index (χ1) is 8.58. The lowest BCUT2D eigenvalue weighted by Crippen LogP contribution is -2.42. The van der Waals surface area contributed by atoms with E-state index in [1.165, 1.54) is 9.13 Å². The molecule has 0 aromatic heterocycles. The van der Waals surface area contributed by atoms with E-state index in [1.807, 2.05) is 6.92 Å². The second-order valence-electron chi connectivity index (χ2n) is 5.00. The normalized spacial score (nSPS) is 28.4. The van der Waals surface area contributed by atoms with Crippen molar-refractivity contribution in [2.45, 2.75) is 25.3 Å². The first-order valence-electron chi connectivity index (χ1n) is 6.04. The van der Waals surface area contributed by atoms with Crippen LogP contribution in [0.3, 0.4) is 0 Å². The number of fused-ring (bicyclic) bond motifs is 3. The Morgan fingerprint density at radius 2 is 2.28 bits per heavy atom. The number of aliphatic carboxylic acids is 1. The predicted molar refractivity (Wildman–Crippen MR) is 78.9 cm³/mol. The third-order valence-electron chi connectivity index (χ3n) is 3.90. The zero-order valence-corrected chi connectivity index (χ0v) is 12.1. The van der Waals surface area contributed by atoms with Gasteiger partial charge in [0.15, 0.2) is 0 Å². The molecule has 1 heterocycles. The largest absolute Gasteiger partial charge is 0.480 e. The van der Waals surface area contributed by atoms with Gasteiger partial charge in [0, 0.05) is 21.1 Å². The number of aryl methyl sites for hydroxylation is 1. The molecule has 3 atom stereocenters. The van der Waals surface area contributed by atoms with Gasteiger partial charge < -0.3 is 10.4 Å². The maximum absolute atomic E-state index is 11.4. The maximum Gasteiger partial charge on any atom is 0.326 e. The van der Waals surface area contributed by atoms with Gasteiger partial charge >= 0.3 is 5.97 Å². The Balaban J connectivity index is 2.14. The number of allylic oxidation sites excluding steroid dienone is 2. The molecule has 2 N–H and O–H groups in total. The molecule has 4 heteroatoms. The van der Waals surface area contributed by atoms with E-state index in [9.17, 15) is 9.90 Å². The molecule has 1 aliphatic carbocycles. The van der Waals surface area contributed by atoms with Crippen LogP contribution in [0, 0.1) is 16.4 Å². The lowest BCUT2D eigenvalue weighted by molar-refractivity contribution is -0.139. The van der Waals surface area contributed by atoms with E-state index in [0.29, 0.717) is 0 Å². The summed E-state index contributed by atoms with van der Waals surface area (Å²) in [5, 5.41) is 12.6. The number of carbonyl (C=O) groups is 1. The Morgan fingerprint density at radius 3 is 3.00 bits per heavy atom. The molecule has 0 saturated carbocycles. The summed E-state index contributed by atoms with van der Waals surface area (Å²) in [4.78, 5) is 11.4. The van der Waals surface area contributed by atoms with Crippen molar-refractivity contribution in [1.29, 1.82) is 0 Å². The molecule has 0 unspecified atom stereocenters. The summed E-state index contributed by atoms with van der Waals surface area (Å²) in [5.74, 6) is -0.360. The number of benzene rings is 1. The zero-order valence-electron chi connectivity index (χ0n) is 9.98. The molecule has 0 spiro atoms. The molecule has 18 heavy (non-hydrogen) atoms. The van der Waals surface area contributed by atoms with Gasteiger partial charge in [-0.15, -0.1) is 0 Å². The number of carboxylic acids is 1. The van der Waals surface area contributed by atoms with E-state index in [1.54, 1.807) is 0 Å². The Labute approximate surface area is 119 Å². The van der Waals surface area contributed by atoms with E-state index in [2.05, 4.69) is 52.2 Å². The average Bonchev–Trinajstić information content (AvgIpc) is 2.76. The molecule has 1 aromatic carbocycles. The van der Waals surface area contributed by atoms with E-state index >= 15 is 0 Å². The second kappa shape index (κ2) is 4.26. The minimum Gasteiger partial charge on any atom is -0.480 e. The number of anilines is 1. The fraction of sp³-hybridized carbons (Fsp3) is 0.357. The highest BCUT2D eigenvalue weighted by Crippen LogP contribution is 2.46. The molecule has 94 valence electrons. The van der Waals surface area contributed by atoms with E-state index in [4.69, 9.17) is 0 Å². The van der Waals surface area contributed by atoms with Crippen LogP contribution >= 0.6 is 22.6 Å². The van der Waals surface area contributed by atoms with Crippen molar-refractivity contribution in [2.24, 2.45) is 5.92 Å². The molecular weight excluding hydrogens is 341 g/mol. The van der Waals surface area contributed by atoms with Gasteiger partial charge in [0.1, 0.15) is 6.04 Å². The molecule has 0 saturated heterocycles. The van der Waals surface area contributed by atoms with Gasteiger partial charge in [-0.1, -0.05) is 12.2 Å². The van der Waals surface area contributed by atoms with Crippen LogP contribution in [0.15, 0.2) is 24.3 Å². The monoisotopic (exact) mass is 355 g/mol. The highest BCUT2D eigenvalue weighted by Gasteiger charge is 2.41. The standard InChI is InChI=1S/C14H14INO2/c1-7-5-8(15)6-11-9-3-2-4-10(9)13(14(17)18)16-12(7)11/h2-3,5-6,9-10,13,16H,4H2,1H3,(H,17,18)/t9-,10-,13-/m1/s1.